The quantitative estimate of drug-likeness (QED) is 0.360. The molecule has 0 spiro atoms. The largest absolute Gasteiger partial charge is 0.481 e. The van der Waals surface area contributed by atoms with Gasteiger partial charge in [0.05, 0.1) is 11.5 Å². The Morgan fingerprint density at radius 2 is 1.72 bits per heavy atom. The van der Waals surface area contributed by atoms with Crippen molar-refractivity contribution < 1.29 is 29.8 Å². The summed E-state index contributed by atoms with van der Waals surface area (Å²) < 4.78 is 0. The predicted molar refractivity (Wildman–Crippen MR) is 111 cm³/mol. The molecule has 0 fully saturated rings. The first-order valence-electron chi connectivity index (χ1n) is 9.08. The maximum atomic E-state index is 12.3. The predicted octanol–water partition coefficient (Wildman–Crippen LogP) is 4.00. The minimum Gasteiger partial charge on any atom is -0.481 e. The molecule has 0 heterocycles. The first-order chi connectivity index (χ1) is 13.8. The molecule has 8 heteroatoms. The van der Waals surface area contributed by atoms with E-state index < -0.39 is 33.1 Å². The fraction of sp³-hybridized carbons (Fsp3) is 0.286. The lowest BCUT2D eigenvalue weighted by Gasteiger charge is -2.33. The SMILES string of the molecule is CS(CCCC(Cc1cccc(C(=O)O)c1)C(=O)O)(C(=O)NO)c1ccccc1. The number of aromatic carboxylic acids is 1. The van der Waals surface area contributed by atoms with E-state index in [0.717, 1.165) is 4.90 Å². The molecule has 2 aromatic carbocycles. The second kappa shape index (κ2) is 10.1. The first-order valence-corrected chi connectivity index (χ1v) is 11.3. The molecule has 0 saturated heterocycles. The average Bonchev–Trinajstić information content (AvgIpc) is 2.72. The Bertz CT molecular complexity index is 872. The zero-order valence-electron chi connectivity index (χ0n) is 16.1. The van der Waals surface area contributed by atoms with Crippen LogP contribution < -0.4 is 5.48 Å². The first kappa shape index (κ1) is 22.4. The van der Waals surface area contributed by atoms with Gasteiger partial charge in [0.15, 0.2) is 0 Å². The summed E-state index contributed by atoms with van der Waals surface area (Å²) in [4.78, 5) is 36.0. The van der Waals surface area contributed by atoms with E-state index >= 15 is 0 Å². The standard InChI is InChI=1S/C21H25NO6S/c1-29(21(27)22-28,18-10-3-2-4-11-18)12-6-9-17(20(25)26)14-15-7-5-8-16(13-15)19(23)24/h2-5,7-8,10-11,13,17,28H,6,9,12,14H2,1H3,(H,22,27)(H,23,24)(H,25,26). The highest BCUT2D eigenvalue weighted by atomic mass is 32.3. The molecule has 0 aliphatic carbocycles. The van der Waals surface area contributed by atoms with Gasteiger partial charge in [-0.3, -0.25) is 14.8 Å². The van der Waals surface area contributed by atoms with E-state index in [2.05, 4.69) is 0 Å². The van der Waals surface area contributed by atoms with Gasteiger partial charge in [-0.05, 0) is 66.0 Å². The van der Waals surface area contributed by atoms with Crippen molar-refractivity contribution in [1.82, 2.24) is 5.48 Å². The van der Waals surface area contributed by atoms with Gasteiger partial charge in [0.1, 0.15) is 0 Å². The molecule has 156 valence electrons. The molecule has 0 bridgehead atoms. The summed E-state index contributed by atoms with van der Waals surface area (Å²) in [6, 6.07) is 15.4. The molecular formula is C21H25NO6S. The zero-order chi connectivity index (χ0) is 21.4. The van der Waals surface area contributed by atoms with Crippen LogP contribution >= 0.6 is 10.0 Å². The third-order valence-corrected chi connectivity index (χ3v) is 8.20. The van der Waals surface area contributed by atoms with Crippen molar-refractivity contribution in [1.29, 1.82) is 0 Å². The van der Waals surface area contributed by atoms with Crippen molar-refractivity contribution >= 4 is 27.2 Å². The van der Waals surface area contributed by atoms with Crippen molar-refractivity contribution in [3.8, 4) is 0 Å². The molecule has 0 aliphatic rings. The Kier molecular flexibility index (Phi) is 7.81. The summed E-state index contributed by atoms with van der Waals surface area (Å²) >= 11 is 0. The van der Waals surface area contributed by atoms with Crippen LogP contribution in [0.3, 0.4) is 0 Å². The van der Waals surface area contributed by atoms with E-state index in [4.69, 9.17) is 5.11 Å². The topological polar surface area (TPSA) is 124 Å². The summed E-state index contributed by atoms with van der Waals surface area (Å²) in [5.41, 5.74) is 2.51. The van der Waals surface area contributed by atoms with Gasteiger partial charge in [0.25, 0.3) is 5.24 Å². The fourth-order valence-corrected chi connectivity index (χ4v) is 5.52. The molecule has 1 amide bonds. The number of hydrogen-bond acceptors (Lipinski definition) is 4. The van der Waals surface area contributed by atoms with E-state index in [-0.39, 0.29) is 12.0 Å². The molecule has 0 aliphatic heterocycles. The maximum Gasteiger partial charge on any atom is 0.335 e. The molecule has 2 rings (SSSR count). The minimum atomic E-state index is -2.03. The van der Waals surface area contributed by atoms with Crippen LogP contribution in [0.1, 0.15) is 28.8 Å². The van der Waals surface area contributed by atoms with E-state index in [1.54, 1.807) is 23.9 Å². The van der Waals surface area contributed by atoms with Crippen LogP contribution in [0.5, 0.6) is 0 Å². The molecule has 0 radical (unpaired) electrons. The summed E-state index contributed by atoms with van der Waals surface area (Å²) in [6.07, 6.45) is 2.81. The number of carbonyl (C=O) groups excluding carboxylic acids is 1. The molecule has 0 saturated carbocycles. The third-order valence-electron chi connectivity index (χ3n) is 4.87. The third kappa shape index (κ3) is 5.82. The Morgan fingerprint density at radius 3 is 2.31 bits per heavy atom. The number of amides is 1. The molecule has 2 aromatic rings. The van der Waals surface area contributed by atoms with Crippen molar-refractivity contribution in [3.05, 3.63) is 65.7 Å². The van der Waals surface area contributed by atoms with Gasteiger partial charge in [-0.15, -0.1) is 10.0 Å². The fourth-order valence-electron chi connectivity index (χ4n) is 3.19. The van der Waals surface area contributed by atoms with Crippen molar-refractivity contribution in [3.63, 3.8) is 0 Å². The van der Waals surface area contributed by atoms with E-state index in [0.29, 0.717) is 24.2 Å². The second-order valence-electron chi connectivity index (χ2n) is 6.89. The molecule has 29 heavy (non-hydrogen) atoms. The molecule has 4 N–H and O–H groups in total. The Labute approximate surface area is 170 Å². The Hall–Kier alpha value is -2.84. The normalized spacial score (nSPS) is 15.0. The smallest absolute Gasteiger partial charge is 0.335 e. The summed E-state index contributed by atoms with van der Waals surface area (Å²) in [7, 11) is -2.03. The summed E-state index contributed by atoms with van der Waals surface area (Å²) in [5, 5.41) is 27.4. The number of aliphatic carboxylic acids is 1. The van der Waals surface area contributed by atoms with Gasteiger partial charge >= 0.3 is 11.9 Å². The number of nitrogens with one attached hydrogen (secondary N) is 1. The number of rotatable bonds is 9. The molecule has 2 unspecified atom stereocenters. The van der Waals surface area contributed by atoms with Gasteiger partial charge < -0.3 is 10.2 Å². The second-order valence-corrected chi connectivity index (χ2v) is 10.3. The van der Waals surface area contributed by atoms with E-state index in [9.17, 15) is 24.7 Å². The number of hydroxylamine groups is 1. The van der Waals surface area contributed by atoms with Crippen LogP contribution in [0.25, 0.3) is 0 Å². The lowest BCUT2D eigenvalue weighted by Crippen LogP contribution is -2.26. The number of carboxylic acids is 2. The minimum absolute atomic E-state index is 0.118. The van der Waals surface area contributed by atoms with Crippen LogP contribution in [-0.2, 0) is 11.2 Å². The average molecular weight is 419 g/mol. The number of benzene rings is 2. The van der Waals surface area contributed by atoms with Crippen LogP contribution in [0.15, 0.2) is 59.5 Å². The van der Waals surface area contributed by atoms with Gasteiger partial charge in [-0.1, -0.05) is 30.3 Å². The number of carbonyl (C=O) groups is 3. The zero-order valence-corrected chi connectivity index (χ0v) is 16.9. The lowest BCUT2D eigenvalue weighted by molar-refractivity contribution is -0.141. The van der Waals surface area contributed by atoms with Gasteiger partial charge in [0, 0.05) is 0 Å². The molecule has 2 atom stereocenters. The Morgan fingerprint density at radius 1 is 1.03 bits per heavy atom. The number of carboxylic acid groups (broad SMARTS) is 2. The lowest BCUT2D eigenvalue weighted by atomic mass is 9.94. The molecule has 7 nitrogen and oxygen atoms in total. The molecular weight excluding hydrogens is 394 g/mol. The van der Waals surface area contributed by atoms with Crippen LogP contribution in [0.4, 0.5) is 4.79 Å². The van der Waals surface area contributed by atoms with E-state index in [1.165, 1.54) is 12.1 Å². The highest BCUT2D eigenvalue weighted by Gasteiger charge is 2.30. The van der Waals surface area contributed by atoms with Gasteiger partial charge in [-0.25, -0.2) is 10.3 Å². The maximum absolute atomic E-state index is 12.3. The molecule has 0 aromatic heterocycles. The summed E-state index contributed by atoms with van der Waals surface area (Å²) in [5.74, 6) is -2.29. The van der Waals surface area contributed by atoms with Crippen molar-refractivity contribution in [2.45, 2.75) is 24.2 Å². The van der Waals surface area contributed by atoms with Crippen LogP contribution in [0.2, 0.25) is 0 Å². The van der Waals surface area contributed by atoms with E-state index in [1.807, 2.05) is 30.3 Å². The van der Waals surface area contributed by atoms with Crippen molar-refractivity contribution in [2.75, 3.05) is 12.0 Å². The summed E-state index contributed by atoms with van der Waals surface area (Å²) in [6.45, 7) is 0. The monoisotopic (exact) mass is 419 g/mol. The highest BCUT2D eigenvalue weighted by molar-refractivity contribution is 8.44. The van der Waals surface area contributed by atoms with Gasteiger partial charge in [0.2, 0.25) is 0 Å². The van der Waals surface area contributed by atoms with Gasteiger partial charge in [-0.2, -0.15) is 0 Å². The van der Waals surface area contributed by atoms with Crippen molar-refractivity contribution in [2.24, 2.45) is 5.92 Å². The van der Waals surface area contributed by atoms with Crippen LogP contribution in [0, 0.1) is 5.92 Å². The number of hydrogen-bond donors (Lipinski definition) is 4. The van der Waals surface area contributed by atoms with Crippen LogP contribution in [-0.4, -0.2) is 44.6 Å². The Balaban J connectivity index is 2.09. The highest BCUT2D eigenvalue weighted by Crippen LogP contribution is 2.53.